The molecule has 2 saturated carbocycles. The second-order valence-electron chi connectivity index (χ2n) is 10.1. The van der Waals surface area contributed by atoms with Crippen LogP contribution in [-0.4, -0.2) is 55.3 Å². The molecule has 1 aromatic carbocycles. The molecule has 2 unspecified atom stereocenters. The van der Waals surface area contributed by atoms with Gasteiger partial charge in [0.05, 0.1) is 33.8 Å². The van der Waals surface area contributed by atoms with Crippen molar-refractivity contribution in [1.82, 2.24) is 0 Å². The summed E-state index contributed by atoms with van der Waals surface area (Å²) in [5, 5.41) is 11.4. The summed E-state index contributed by atoms with van der Waals surface area (Å²) in [6.07, 6.45) is 1.60. The number of piperidine rings is 1. The molecule has 0 radical (unpaired) electrons. The van der Waals surface area contributed by atoms with E-state index in [4.69, 9.17) is 4.74 Å². The average molecular weight is 535 g/mol. The van der Waals surface area contributed by atoms with E-state index < -0.39 is 29.8 Å². The first-order chi connectivity index (χ1) is 13.6. The highest BCUT2D eigenvalue weighted by molar-refractivity contribution is 5.81. The zero-order chi connectivity index (χ0) is 20.9. The Morgan fingerprint density at radius 2 is 1.77 bits per heavy atom. The minimum Gasteiger partial charge on any atom is -1.00 e. The molecular formula is C23H32F2INO3. The predicted octanol–water partition coefficient (Wildman–Crippen LogP) is 0.589. The van der Waals surface area contributed by atoms with Gasteiger partial charge in [0.1, 0.15) is 0 Å². The Labute approximate surface area is 194 Å². The lowest BCUT2D eigenvalue weighted by Crippen LogP contribution is -3.00. The largest absolute Gasteiger partial charge is 1.00 e. The average Bonchev–Trinajstić information content (AvgIpc) is 3.16. The van der Waals surface area contributed by atoms with Crippen LogP contribution in [-0.2, 0) is 15.1 Å². The van der Waals surface area contributed by atoms with Gasteiger partial charge in [-0.25, -0.2) is 13.6 Å². The number of quaternary nitrogens is 1. The van der Waals surface area contributed by atoms with Crippen LogP contribution in [0.2, 0.25) is 0 Å². The number of benzene rings is 1. The van der Waals surface area contributed by atoms with Gasteiger partial charge in [-0.05, 0) is 24.8 Å². The monoisotopic (exact) mass is 535 g/mol. The maximum Gasteiger partial charge on any atom is 0.343 e. The number of halogens is 3. The van der Waals surface area contributed by atoms with Crippen molar-refractivity contribution in [2.24, 2.45) is 23.7 Å². The zero-order valence-corrected chi connectivity index (χ0v) is 19.9. The Kier molecular flexibility index (Phi) is 6.85. The van der Waals surface area contributed by atoms with Crippen LogP contribution in [0.5, 0.6) is 0 Å². The number of aliphatic hydroxyl groups is 1. The summed E-state index contributed by atoms with van der Waals surface area (Å²) >= 11 is 0. The number of fused-ring (bicyclic) bond motifs is 2. The Balaban J connectivity index is 0.00000256. The maximum absolute atomic E-state index is 13.9. The number of alkyl halides is 2. The van der Waals surface area contributed by atoms with Crippen LogP contribution in [0.25, 0.3) is 0 Å². The van der Waals surface area contributed by atoms with Gasteiger partial charge in [0.25, 0.3) is 0 Å². The van der Waals surface area contributed by atoms with Crippen molar-refractivity contribution in [2.75, 3.05) is 33.8 Å². The molecule has 4 rings (SSSR count). The minimum atomic E-state index is -2.85. The first-order valence-corrected chi connectivity index (χ1v) is 10.8. The number of carbonyl (C=O) groups excluding carboxylic acids is 1. The highest BCUT2D eigenvalue weighted by Crippen LogP contribution is 2.48. The molecule has 7 heteroatoms. The zero-order valence-electron chi connectivity index (χ0n) is 17.7. The lowest BCUT2D eigenvalue weighted by molar-refractivity contribution is -0.902. The number of ether oxygens (including phenoxy) is 1. The molecule has 0 spiro atoms. The molecule has 168 valence electrons. The smallest absolute Gasteiger partial charge is 0.343 e. The molecule has 2 bridgehead atoms. The molecule has 4 atom stereocenters. The fourth-order valence-corrected chi connectivity index (χ4v) is 6.11. The standard InChI is InChI=1S/C23H32F2NO3.HI/c1-26(2)13-16-8-9-17(14-26)20(16)15-29-21(27)23(28,18-6-4-3-5-7-18)19-10-11-22(24,25)12-19;/h3-7,16-17,19-20,28H,8-15H2,1-2H3;1H/q+1;/p-1/t16?,17?,19-,20?,23+;/m1./s1. The fraction of sp³-hybridized carbons (Fsp3) is 0.696. The highest BCUT2D eigenvalue weighted by atomic mass is 127. The van der Waals surface area contributed by atoms with Gasteiger partial charge in [-0.2, -0.15) is 0 Å². The van der Waals surface area contributed by atoms with Gasteiger partial charge in [0.15, 0.2) is 5.60 Å². The number of rotatable bonds is 5. The second-order valence-corrected chi connectivity index (χ2v) is 10.1. The summed E-state index contributed by atoms with van der Waals surface area (Å²) in [6, 6.07) is 8.45. The van der Waals surface area contributed by atoms with Crippen LogP contribution in [0, 0.1) is 23.7 Å². The highest BCUT2D eigenvalue weighted by Gasteiger charge is 2.55. The van der Waals surface area contributed by atoms with Crippen LogP contribution in [0.4, 0.5) is 8.78 Å². The number of hydrogen-bond donors (Lipinski definition) is 1. The summed E-state index contributed by atoms with van der Waals surface area (Å²) < 4.78 is 34.5. The lowest BCUT2D eigenvalue weighted by atomic mass is 9.80. The first kappa shape index (κ1) is 23.9. The van der Waals surface area contributed by atoms with E-state index in [2.05, 4.69) is 14.1 Å². The third-order valence-electron chi connectivity index (χ3n) is 7.50. The topological polar surface area (TPSA) is 46.5 Å². The van der Waals surface area contributed by atoms with Crippen LogP contribution >= 0.6 is 0 Å². The molecule has 4 nitrogen and oxygen atoms in total. The molecule has 30 heavy (non-hydrogen) atoms. The van der Waals surface area contributed by atoms with Crippen molar-refractivity contribution in [1.29, 1.82) is 0 Å². The molecule has 1 aliphatic heterocycles. The van der Waals surface area contributed by atoms with Gasteiger partial charge in [0.2, 0.25) is 5.92 Å². The summed E-state index contributed by atoms with van der Waals surface area (Å²) in [6.45, 7) is 2.40. The fourth-order valence-electron chi connectivity index (χ4n) is 6.11. The molecule has 1 N–H and O–H groups in total. The van der Waals surface area contributed by atoms with E-state index in [9.17, 15) is 18.7 Å². The summed E-state index contributed by atoms with van der Waals surface area (Å²) in [5.41, 5.74) is -1.68. The van der Waals surface area contributed by atoms with E-state index in [0.717, 1.165) is 30.4 Å². The van der Waals surface area contributed by atoms with Crippen molar-refractivity contribution in [3.05, 3.63) is 35.9 Å². The third kappa shape index (κ3) is 4.53. The molecule has 0 amide bonds. The molecule has 2 aliphatic carbocycles. The molecule has 1 saturated heterocycles. The Hall–Kier alpha value is -0.800. The number of esters is 1. The van der Waals surface area contributed by atoms with Crippen LogP contribution in [0.15, 0.2) is 30.3 Å². The predicted molar refractivity (Wildman–Crippen MR) is 105 cm³/mol. The van der Waals surface area contributed by atoms with Crippen LogP contribution in [0.1, 0.15) is 37.7 Å². The van der Waals surface area contributed by atoms with Gasteiger partial charge >= 0.3 is 5.97 Å². The first-order valence-electron chi connectivity index (χ1n) is 10.8. The third-order valence-corrected chi connectivity index (χ3v) is 7.50. The quantitative estimate of drug-likeness (QED) is 0.341. The molecule has 0 aromatic heterocycles. The van der Waals surface area contributed by atoms with Crippen molar-refractivity contribution in [3.63, 3.8) is 0 Å². The van der Waals surface area contributed by atoms with E-state index in [0.29, 0.717) is 23.3 Å². The Bertz CT molecular complexity index is 744. The van der Waals surface area contributed by atoms with Gasteiger partial charge in [-0.15, -0.1) is 0 Å². The molecule has 3 aliphatic rings. The number of carbonyl (C=O) groups is 1. The normalized spacial score (nSPS) is 33.4. The van der Waals surface area contributed by atoms with Gasteiger partial charge in [0, 0.05) is 36.5 Å². The molecule has 3 fully saturated rings. The van der Waals surface area contributed by atoms with Crippen LogP contribution in [0.3, 0.4) is 0 Å². The van der Waals surface area contributed by atoms with Gasteiger partial charge in [-0.1, -0.05) is 30.3 Å². The molecule has 1 heterocycles. The Morgan fingerprint density at radius 3 is 2.30 bits per heavy atom. The molecular weight excluding hydrogens is 503 g/mol. The maximum atomic E-state index is 13.9. The van der Waals surface area contributed by atoms with Crippen LogP contribution < -0.4 is 24.0 Å². The number of likely N-dealkylation sites (tertiary alicyclic amines) is 1. The van der Waals surface area contributed by atoms with Crippen molar-refractivity contribution in [3.8, 4) is 0 Å². The second kappa shape index (κ2) is 8.62. The van der Waals surface area contributed by atoms with E-state index in [1.165, 1.54) is 0 Å². The lowest BCUT2D eigenvalue weighted by Gasteiger charge is -2.42. The van der Waals surface area contributed by atoms with E-state index in [-0.39, 0.29) is 43.4 Å². The summed E-state index contributed by atoms with van der Waals surface area (Å²) in [7, 11) is 4.48. The van der Waals surface area contributed by atoms with E-state index in [1.807, 2.05) is 0 Å². The summed E-state index contributed by atoms with van der Waals surface area (Å²) in [5.74, 6) is -3.14. The van der Waals surface area contributed by atoms with Crippen molar-refractivity contribution >= 4 is 5.97 Å². The minimum absolute atomic E-state index is 0. The number of nitrogens with zero attached hydrogens (tertiary/aromatic N) is 1. The summed E-state index contributed by atoms with van der Waals surface area (Å²) in [4.78, 5) is 13.1. The Morgan fingerprint density at radius 1 is 1.17 bits per heavy atom. The van der Waals surface area contributed by atoms with Crippen molar-refractivity contribution < 1.29 is 51.9 Å². The molecule has 1 aromatic rings. The van der Waals surface area contributed by atoms with E-state index >= 15 is 0 Å². The number of hydrogen-bond acceptors (Lipinski definition) is 3. The van der Waals surface area contributed by atoms with Crippen molar-refractivity contribution in [2.45, 2.75) is 43.6 Å². The van der Waals surface area contributed by atoms with Gasteiger partial charge < -0.3 is 38.3 Å². The SMILES string of the molecule is C[N+]1(C)CC2CCC(C1)C2COC(=O)[C@](O)(c1ccccc1)[C@@H]1CCC(F)(F)C1.[I-]. The van der Waals surface area contributed by atoms with Gasteiger partial charge in [-0.3, -0.25) is 0 Å². The van der Waals surface area contributed by atoms with E-state index in [1.54, 1.807) is 30.3 Å².